The summed E-state index contributed by atoms with van der Waals surface area (Å²) in [6, 6.07) is 0. The van der Waals surface area contributed by atoms with Gasteiger partial charge in [-0.15, -0.1) is 0 Å². The fourth-order valence-electron chi connectivity index (χ4n) is 2.07. The molecule has 18 heavy (non-hydrogen) atoms. The third kappa shape index (κ3) is 1.59. The number of nitrogens with zero attached hydrogens (tertiary/aromatic N) is 4. The zero-order valence-electron chi connectivity index (χ0n) is 9.43. The van der Waals surface area contributed by atoms with Crippen LogP contribution in [0.15, 0.2) is 12.7 Å². The van der Waals surface area contributed by atoms with Gasteiger partial charge in [-0.1, -0.05) is 11.6 Å². The number of imidazole rings is 1. The van der Waals surface area contributed by atoms with Crippen molar-refractivity contribution in [3.63, 3.8) is 0 Å². The van der Waals surface area contributed by atoms with E-state index in [1.165, 1.54) is 12.7 Å². The van der Waals surface area contributed by atoms with Crippen LogP contribution < -0.4 is 0 Å². The first kappa shape index (κ1) is 11.8. The van der Waals surface area contributed by atoms with Gasteiger partial charge in [0.25, 0.3) is 0 Å². The summed E-state index contributed by atoms with van der Waals surface area (Å²) in [6.45, 7) is 1.69. The van der Waals surface area contributed by atoms with Gasteiger partial charge in [-0.3, -0.25) is 4.57 Å². The first-order chi connectivity index (χ1) is 8.59. The smallest absolute Gasteiger partial charge is 0.167 e. The van der Waals surface area contributed by atoms with Gasteiger partial charge < -0.3 is 14.9 Å². The Morgan fingerprint density at radius 3 is 2.72 bits per heavy atom. The molecule has 0 spiro atoms. The third-order valence-corrected chi connectivity index (χ3v) is 3.34. The van der Waals surface area contributed by atoms with Crippen molar-refractivity contribution in [2.75, 3.05) is 0 Å². The van der Waals surface area contributed by atoms with Crippen LogP contribution in [0.1, 0.15) is 13.2 Å². The summed E-state index contributed by atoms with van der Waals surface area (Å²) in [5.74, 6) is 0. The van der Waals surface area contributed by atoms with Crippen LogP contribution in [0.25, 0.3) is 11.2 Å². The van der Waals surface area contributed by atoms with Crippen molar-refractivity contribution in [3.8, 4) is 0 Å². The normalized spacial score (nSPS) is 32.2. The number of halogens is 1. The molecular weight excluding hydrogens is 260 g/mol. The van der Waals surface area contributed by atoms with Gasteiger partial charge in [-0.2, -0.15) is 0 Å². The van der Waals surface area contributed by atoms with Crippen LogP contribution in [0.4, 0.5) is 0 Å². The molecule has 1 fully saturated rings. The molecule has 7 nitrogen and oxygen atoms in total. The highest BCUT2D eigenvalue weighted by molar-refractivity contribution is 6.33. The largest absolute Gasteiger partial charge is 0.388 e. The summed E-state index contributed by atoms with van der Waals surface area (Å²) < 4.78 is 7.04. The van der Waals surface area contributed by atoms with E-state index in [0.29, 0.717) is 11.2 Å². The Kier molecular flexibility index (Phi) is 2.70. The molecule has 1 aliphatic heterocycles. The van der Waals surface area contributed by atoms with Gasteiger partial charge in [-0.05, 0) is 6.92 Å². The molecule has 1 aliphatic rings. The molecule has 96 valence electrons. The van der Waals surface area contributed by atoms with Gasteiger partial charge in [0.1, 0.15) is 24.1 Å². The Labute approximate surface area is 107 Å². The molecule has 1 saturated heterocycles. The Balaban J connectivity index is 2.08. The number of ether oxygens (including phenoxy) is 1. The lowest BCUT2D eigenvalue weighted by atomic mass is 10.1. The molecule has 2 N–H and O–H groups in total. The predicted molar refractivity (Wildman–Crippen MR) is 61.9 cm³/mol. The summed E-state index contributed by atoms with van der Waals surface area (Å²) in [6.07, 6.45) is -0.393. The van der Waals surface area contributed by atoms with E-state index in [-0.39, 0.29) is 5.15 Å². The maximum Gasteiger partial charge on any atom is 0.167 e. The molecule has 0 bridgehead atoms. The van der Waals surface area contributed by atoms with E-state index in [9.17, 15) is 10.2 Å². The second kappa shape index (κ2) is 4.13. The number of hydrogen-bond acceptors (Lipinski definition) is 6. The first-order valence-corrected chi connectivity index (χ1v) is 5.82. The van der Waals surface area contributed by atoms with E-state index in [0.717, 1.165) is 0 Å². The number of aliphatic hydroxyl groups excluding tert-OH is 2. The SMILES string of the molecule is C[C@H]1O[C@@H](n2cnc3c(Cl)ncnc32)[C@H](O)[C@@H]1O. The van der Waals surface area contributed by atoms with Crippen LogP contribution >= 0.6 is 11.6 Å². The summed E-state index contributed by atoms with van der Waals surface area (Å²) in [5.41, 5.74) is 0.893. The van der Waals surface area contributed by atoms with Crippen LogP contribution in [-0.2, 0) is 4.74 Å². The molecule has 0 saturated carbocycles. The highest BCUT2D eigenvalue weighted by Crippen LogP contribution is 2.31. The molecule has 3 rings (SSSR count). The van der Waals surface area contributed by atoms with E-state index in [1.807, 2.05) is 0 Å². The summed E-state index contributed by atoms with van der Waals surface area (Å²) in [5, 5.41) is 19.9. The minimum absolute atomic E-state index is 0.236. The van der Waals surface area contributed by atoms with E-state index in [2.05, 4.69) is 15.0 Å². The maximum absolute atomic E-state index is 9.93. The lowest BCUT2D eigenvalue weighted by Gasteiger charge is -2.16. The molecule has 2 aromatic rings. The van der Waals surface area contributed by atoms with Crippen molar-refractivity contribution in [3.05, 3.63) is 17.8 Å². The topological polar surface area (TPSA) is 93.3 Å². The van der Waals surface area contributed by atoms with Crippen LogP contribution in [-0.4, -0.2) is 48.0 Å². The van der Waals surface area contributed by atoms with Crippen LogP contribution in [0, 0.1) is 0 Å². The second-order valence-electron chi connectivity index (χ2n) is 4.20. The number of rotatable bonds is 1. The minimum atomic E-state index is -1.04. The standard InChI is InChI=1S/C10H11ClN4O3/c1-4-6(16)7(17)10(18-4)15-3-14-5-8(11)12-2-13-9(5)15/h2-4,6-7,10,16-17H,1H3/t4-,6-,7-,10-/m1/s1. The van der Waals surface area contributed by atoms with Crippen molar-refractivity contribution in [1.82, 2.24) is 19.5 Å². The molecule has 0 amide bonds. The molecule has 0 radical (unpaired) electrons. The second-order valence-corrected chi connectivity index (χ2v) is 4.56. The van der Waals surface area contributed by atoms with Gasteiger partial charge in [0, 0.05) is 0 Å². The molecule has 3 heterocycles. The van der Waals surface area contributed by atoms with Crippen LogP contribution in [0.2, 0.25) is 5.15 Å². The lowest BCUT2D eigenvalue weighted by Crippen LogP contribution is -2.30. The molecule has 4 atom stereocenters. The highest BCUT2D eigenvalue weighted by atomic mass is 35.5. The summed E-state index contributed by atoms with van der Waals surface area (Å²) >= 11 is 5.89. The van der Waals surface area contributed by atoms with Crippen LogP contribution in [0.5, 0.6) is 0 Å². The van der Waals surface area contributed by atoms with Crippen molar-refractivity contribution < 1.29 is 14.9 Å². The lowest BCUT2D eigenvalue weighted by molar-refractivity contribution is -0.0299. The number of fused-ring (bicyclic) bond motifs is 1. The monoisotopic (exact) mass is 270 g/mol. The van der Waals surface area contributed by atoms with Gasteiger partial charge in [0.05, 0.1) is 12.4 Å². The van der Waals surface area contributed by atoms with Gasteiger partial charge in [0.2, 0.25) is 0 Å². The van der Waals surface area contributed by atoms with Crippen LogP contribution in [0.3, 0.4) is 0 Å². The number of aliphatic hydroxyl groups is 2. The summed E-state index contributed by atoms with van der Waals surface area (Å²) in [4.78, 5) is 12.0. The van der Waals surface area contributed by atoms with Crippen molar-refractivity contribution >= 4 is 22.8 Å². The van der Waals surface area contributed by atoms with E-state index >= 15 is 0 Å². The molecular formula is C10H11ClN4O3. The van der Waals surface area contributed by atoms with Crippen molar-refractivity contribution in [2.45, 2.75) is 31.5 Å². The van der Waals surface area contributed by atoms with Crippen molar-refractivity contribution in [1.29, 1.82) is 0 Å². The molecule has 0 aliphatic carbocycles. The minimum Gasteiger partial charge on any atom is -0.388 e. The maximum atomic E-state index is 9.93. The Bertz CT molecular complexity index is 590. The van der Waals surface area contributed by atoms with E-state index < -0.39 is 24.5 Å². The Morgan fingerprint density at radius 2 is 2.06 bits per heavy atom. The number of hydrogen-bond donors (Lipinski definition) is 2. The van der Waals surface area contributed by atoms with Gasteiger partial charge in [0.15, 0.2) is 17.0 Å². The van der Waals surface area contributed by atoms with Gasteiger partial charge >= 0.3 is 0 Å². The summed E-state index contributed by atoms with van der Waals surface area (Å²) in [7, 11) is 0. The molecule has 0 aromatic carbocycles. The molecule has 2 aromatic heterocycles. The average Bonchev–Trinajstić information content (AvgIpc) is 2.88. The fraction of sp³-hybridized carbons (Fsp3) is 0.500. The molecule has 8 heteroatoms. The fourth-order valence-corrected chi connectivity index (χ4v) is 2.24. The van der Waals surface area contributed by atoms with E-state index in [4.69, 9.17) is 16.3 Å². The van der Waals surface area contributed by atoms with E-state index in [1.54, 1.807) is 11.5 Å². The quantitative estimate of drug-likeness (QED) is 0.715. The zero-order chi connectivity index (χ0) is 12.9. The average molecular weight is 271 g/mol. The number of aromatic nitrogens is 4. The predicted octanol–water partition coefficient (Wildman–Crippen LogP) is 0.119. The highest BCUT2D eigenvalue weighted by Gasteiger charge is 2.41. The third-order valence-electron chi connectivity index (χ3n) is 3.07. The van der Waals surface area contributed by atoms with Gasteiger partial charge in [-0.25, -0.2) is 15.0 Å². The Hall–Kier alpha value is -1.28. The zero-order valence-corrected chi connectivity index (χ0v) is 10.2. The Morgan fingerprint density at radius 1 is 1.28 bits per heavy atom. The first-order valence-electron chi connectivity index (χ1n) is 5.44. The molecule has 0 unspecified atom stereocenters. The van der Waals surface area contributed by atoms with Crippen molar-refractivity contribution in [2.24, 2.45) is 0 Å².